The van der Waals surface area contributed by atoms with E-state index in [2.05, 4.69) is 38.8 Å². The Bertz CT molecular complexity index is 466. The van der Waals surface area contributed by atoms with E-state index in [0.717, 1.165) is 6.42 Å². The van der Waals surface area contributed by atoms with Gasteiger partial charge in [0.15, 0.2) is 0 Å². The summed E-state index contributed by atoms with van der Waals surface area (Å²) in [5.41, 5.74) is 2.41. The van der Waals surface area contributed by atoms with E-state index >= 15 is 0 Å². The zero-order chi connectivity index (χ0) is 13.8. The molecule has 1 aliphatic heterocycles. The first-order valence-corrected chi connectivity index (χ1v) is 6.66. The Morgan fingerprint density at radius 3 is 2.65 bits per heavy atom. The standard InChI is InChI=1S/C16H22NO2.H2O/c1-12(2)9-10-14-16(18)19-11-15(17(14)3)13-7-5-4-6-8-13;/h4-9,14-16,18H,3,10-11H2,1-2H3;1H2/q+1;/p-1/t14-,15+,16?;/m1./s1. The second kappa shape index (κ2) is 7.33. The van der Waals surface area contributed by atoms with Crippen LogP contribution in [-0.2, 0) is 4.74 Å². The van der Waals surface area contributed by atoms with Gasteiger partial charge in [-0.1, -0.05) is 42.0 Å². The summed E-state index contributed by atoms with van der Waals surface area (Å²) >= 11 is 0. The van der Waals surface area contributed by atoms with Gasteiger partial charge in [-0.05, 0) is 13.8 Å². The molecule has 110 valence electrons. The number of morpholine rings is 1. The number of allylic oxidation sites excluding steroid dienone is 1. The molecule has 4 heteroatoms. The Labute approximate surface area is 120 Å². The van der Waals surface area contributed by atoms with E-state index in [-0.39, 0.29) is 17.6 Å². The van der Waals surface area contributed by atoms with E-state index in [1.807, 2.05) is 22.8 Å². The van der Waals surface area contributed by atoms with E-state index in [1.54, 1.807) is 0 Å². The van der Waals surface area contributed by atoms with Crippen molar-refractivity contribution in [2.24, 2.45) is 0 Å². The Morgan fingerprint density at radius 2 is 2.05 bits per heavy atom. The molecule has 0 spiro atoms. The molecular weight excluding hydrogens is 254 g/mol. The number of hydrogen-bond acceptors (Lipinski definition) is 3. The fraction of sp³-hybridized carbons (Fsp3) is 0.438. The fourth-order valence-corrected chi connectivity index (χ4v) is 2.36. The van der Waals surface area contributed by atoms with Crippen LogP contribution in [0.15, 0.2) is 42.0 Å². The van der Waals surface area contributed by atoms with Crippen molar-refractivity contribution in [1.29, 1.82) is 0 Å². The summed E-state index contributed by atoms with van der Waals surface area (Å²) in [6.45, 7) is 8.71. The van der Waals surface area contributed by atoms with Crippen molar-refractivity contribution in [1.82, 2.24) is 0 Å². The van der Waals surface area contributed by atoms with Gasteiger partial charge in [0.2, 0.25) is 18.4 Å². The van der Waals surface area contributed by atoms with Crippen LogP contribution in [0, 0.1) is 0 Å². The molecule has 1 heterocycles. The van der Waals surface area contributed by atoms with Crippen LogP contribution in [0.5, 0.6) is 0 Å². The van der Waals surface area contributed by atoms with Crippen molar-refractivity contribution in [3.8, 4) is 0 Å². The van der Waals surface area contributed by atoms with Crippen LogP contribution in [0.4, 0.5) is 0 Å². The smallest absolute Gasteiger partial charge is 0.218 e. The number of rotatable bonds is 3. The molecule has 0 aliphatic carbocycles. The first kappa shape index (κ1) is 16.6. The maximum absolute atomic E-state index is 9.98. The lowest BCUT2D eigenvalue weighted by molar-refractivity contribution is -0.642. The van der Waals surface area contributed by atoms with E-state index in [9.17, 15) is 5.11 Å². The van der Waals surface area contributed by atoms with E-state index < -0.39 is 6.29 Å². The molecule has 1 unspecified atom stereocenters. The normalized spacial score (nSPS) is 25.8. The van der Waals surface area contributed by atoms with Crippen molar-refractivity contribution >= 4 is 6.72 Å². The SMILES string of the molecule is C=[N+]1[C@H](CC=C(C)C)C(O)OC[C@H]1c1ccccc1.[OH-]. The van der Waals surface area contributed by atoms with Crippen molar-refractivity contribution in [3.63, 3.8) is 0 Å². The first-order chi connectivity index (χ1) is 9.09. The Balaban J connectivity index is 0.00000200. The summed E-state index contributed by atoms with van der Waals surface area (Å²) in [6, 6.07) is 10.2. The number of aliphatic hydroxyl groups excluding tert-OH is 1. The Hall–Kier alpha value is -1.49. The van der Waals surface area contributed by atoms with Gasteiger partial charge in [-0.25, -0.2) is 4.58 Å². The highest BCUT2D eigenvalue weighted by Gasteiger charge is 2.39. The molecule has 0 saturated carbocycles. The molecule has 1 aromatic rings. The third-order valence-corrected chi connectivity index (χ3v) is 3.53. The van der Waals surface area contributed by atoms with E-state index in [4.69, 9.17) is 4.74 Å². The van der Waals surface area contributed by atoms with Gasteiger partial charge in [0.1, 0.15) is 13.3 Å². The van der Waals surface area contributed by atoms with Gasteiger partial charge in [0.05, 0.1) is 0 Å². The van der Waals surface area contributed by atoms with E-state index in [0.29, 0.717) is 6.61 Å². The van der Waals surface area contributed by atoms with Crippen LogP contribution in [0.3, 0.4) is 0 Å². The minimum atomic E-state index is -0.770. The van der Waals surface area contributed by atoms with Gasteiger partial charge in [-0.3, -0.25) is 0 Å². The van der Waals surface area contributed by atoms with Crippen LogP contribution >= 0.6 is 0 Å². The van der Waals surface area contributed by atoms with Gasteiger partial charge in [0, 0.05) is 12.0 Å². The predicted octanol–water partition coefficient (Wildman–Crippen LogP) is 2.34. The molecule has 2 rings (SSSR count). The highest BCUT2D eigenvalue weighted by Crippen LogP contribution is 2.26. The molecule has 1 saturated heterocycles. The average Bonchev–Trinajstić information content (AvgIpc) is 2.39. The third-order valence-electron chi connectivity index (χ3n) is 3.53. The summed E-state index contributed by atoms with van der Waals surface area (Å²) in [6.07, 6.45) is 2.09. The van der Waals surface area contributed by atoms with Crippen molar-refractivity contribution in [3.05, 3.63) is 47.5 Å². The van der Waals surface area contributed by atoms with Crippen molar-refractivity contribution in [2.75, 3.05) is 6.61 Å². The third kappa shape index (κ3) is 3.76. The van der Waals surface area contributed by atoms with Gasteiger partial charge in [0.25, 0.3) is 0 Å². The van der Waals surface area contributed by atoms with Gasteiger partial charge >= 0.3 is 0 Å². The summed E-state index contributed by atoms with van der Waals surface area (Å²) in [7, 11) is 0. The molecule has 4 nitrogen and oxygen atoms in total. The fourth-order valence-electron chi connectivity index (χ4n) is 2.36. The molecule has 1 aliphatic rings. The average molecular weight is 277 g/mol. The summed E-state index contributed by atoms with van der Waals surface area (Å²) < 4.78 is 7.48. The second-order valence-electron chi connectivity index (χ2n) is 5.25. The van der Waals surface area contributed by atoms with Crippen LogP contribution in [0.25, 0.3) is 0 Å². The van der Waals surface area contributed by atoms with Gasteiger partial charge < -0.3 is 15.3 Å². The molecular formula is C16H23NO3. The largest absolute Gasteiger partial charge is 0.870 e. The number of ether oxygens (including phenoxy) is 1. The molecule has 1 aromatic carbocycles. The lowest BCUT2D eigenvalue weighted by atomic mass is 10.0. The summed E-state index contributed by atoms with van der Waals surface area (Å²) in [5.74, 6) is 0. The monoisotopic (exact) mass is 277 g/mol. The van der Waals surface area contributed by atoms with Crippen LogP contribution in [-0.4, -0.2) is 40.8 Å². The summed E-state index contributed by atoms with van der Waals surface area (Å²) in [5, 5.41) is 9.98. The number of nitrogens with zero attached hydrogens (tertiary/aromatic N) is 1. The zero-order valence-corrected chi connectivity index (χ0v) is 12.1. The van der Waals surface area contributed by atoms with Crippen molar-refractivity contribution in [2.45, 2.75) is 38.6 Å². The molecule has 20 heavy (non-hydrogen) atoms. The molecule has 3 atom stereocenters. The lowest BCUT2D eigenvalue weighted by Crippen LogP contribution is -2.46. The zero-order valence-electron chi connectivity index (χ0n) is 12.1. The predicted molar refractivity (Wildman–Crippen MR) is 78.3 cm³/mol. The second-order valence-corrected chi connectivity index (χ2v) is 5.25. The van der Waals surface area contributed by atoms with Gasteiger partial charge in [-0.15, -0.1) is 0 Å². The van der Waals surface area contributed by atoms with Crippen molar-refractivity contribution < 1.29 is 19.9 Å². The molecule has 0 aromatic heterocycles. The highest BCUT2D eigenvalue weighted by molar-refractivity contribution is 5.21. The minimum absolute atomic E-state index is 0. The Morgan fingerprint density at radius 1 is 1.40 bits per heavy atom. The summed E-state index contributed by atoms with van der Waals surface area (Å²) in [4.78, 5) is 0. The minimum Gasteiger partial charge on any atom is -0.870 e. The topological polar surface area (TPSA) is 62.5 Å². The Kier molecular flexibility index (Phi) is 6.07. The molecule has 0 radical (unpaired) electrons. The quantitative estimate of drug-likeness (QED) is 0.681. The van der Waals surface area contributed by atoms with Crippen LogP contribution in [0.2, 0.25) is 0 Å². The molecule has 2 N–H and O–H groups in total. The number of aliphatic hydroxyl groups is 1. The number of hydrogen-bond donors (Lipinski definition) is 1. The first-order valence-electron chi connectivity index (χ1n) is 6.66. The highest BCUT2D eigenvalue weighted by atomic mass is 16.6. The maximum atomic E-state index is 9.98. The maximum Gasteiger partial charge on any atom is 0.218 e. The molecule has 1 fully saturated rings. The van der Waals surface area contributed by atoms with E-state index in [1.165, 1.54) is 11.1 Å². The molecule has 0 amide bonds. The van der Waals surface area contributed by atoms with Crippen LogP contribution < -0.4 is 0 Å². The molecule has 0 bridgehead atoms. The van der Waals surface area contributed by atoms with Crippen LogP contribution in [0.1, 0.15) is 31.9 Å². The lowest BCUT2D eigenvalue weighted by Gasteiger charge is -2.30. The number of benzene rings is 1. The van der Waals surface area contributed by atoms with Gasteiger partial charge in [-0.2, -0.15) is 0 Å².